The van der Waals surface area contributed by atoms with Crippen molar-refractivity contribution in [2.24, 2.45) is 0 Å². The van der Waals surface area contributed by atoms with Crippen LogP contribution in [0.3, 0.4) is 0 Å². The average molecular weight is 450 g/mol. The summed E-state index contributed by atoms with van der Waals surface area (Å²) in [4.78, 5) is 67.9. The van der Waals surface area contributed by atoms with Gasteiger partial charge in [0.25, 0.3) is 0 Å². The minimum absolute atomic E-state index is 0.821. The lowest BCUT2D eigenvalue weighted by Gasteiger charge is -2.30. The molecule has 0 aromatic rings. The van der Waals surface area contributed by atoms with E-state index in [2.05, 4.69) is 0 Å². The molecule has 0 amide bonds. The van der Waals surface area contributed by atoms with Gasteiger partial charge >= 0.3 is 35.8 Å². The molecule has 0 unspecified atom stereocenters. The summed E-state index contributed by atoms with van der Waals surface area (Å²) in [5.74, 6) is -8.10. The van der Waals surface area contributed by atoms with E-state index in [0.29, 0.717) is 0 Å². The molecule has 0 radical (unpaired) electrons. The first kappa shape index (κ1) is 27.8. The Morgan fingerprint density at radius 3 is 0.968 bits per heavy atom. The molecule has 0 aliphatic rings. The Bertz CT molecular complexity index is 645. The van der Waals surface area contributed by atoms with Crippen molar-refractivity contribution in [1.29, 1.82) is 0 Å². The summed E-state index contributed by atoms with van der Waals surface area (Å²) in [6.07, 6.45) is -5.00. The molecule has 0 aliphatic heterocycles. The summed E-state index contributed by atoms with van der Waals surface area (Å²) in [5.41, 5.74) is -5.92. The van der Waals surface area contributed by atoms with E-state index in [0.717, 1.165) is 20.8 Å². The number of carboxylic acids is 4. The van der Waals surface area contributed by atoms with Gasteiger partial charge in [-0.2, -0.15) is 0 Å². The second kappa shape index (κ2) is 10.7. The number of carbonyl (C=O) groups excluding carboxylic acids is 2. The maximum atomic E-state index is 12.1. The number of hydrogen-bond acceptors (Lipinski definition) is 9. The highest BCUT2D eigenvalue weighted by atomic mass is 16.6. The third-order valence-electron chi connectivity index (χ3n) is 3.87. The van der Waals surface area contributed by atoms with Crippen LogP contribution in [0.2, 0.25) is 0 Å². The normalized spacial score (nSPS) is 12.0. The SMILES string of the molecule is CC(O)(CC(=O)OC(C)(CC(=O)O)CC(=O)O)CC(=O)OC(C)(CC(=O)O)CC(=O)O. The van der Waals surface area contributed by atoms with Gasteiger partial charge in [-0.05, 0) is 20.8 Å². The second-order valence-electron chi connectivity index (χ2n) is 7.98. The van der Waals surface area contributed by atoms with Gasteiger partial charge in [-0.1, -0.05) is 0 Å². The number of aliphatic carboxylic acids is 4. The smallest absolute Gasteiger partial charge is 0.309 e. The van der Waals surface area contributed by atoms with Crippen molar-refractivity contribution in [3.8, 4) is 0 Å². The van der Waals surface area contributed by atoms with Gasteiger partial charge in [0.15, 0.2) is 0 Å². The predicted molar refractivity (Wildman–Crippen MR) is 97.9 cm³/mol. The molecule has 0 aromatic heterocycles. The molecule has 0 saturated heterocycles. The fourth-order valence-corrected chi connectivity index (χ4v) is 2.86. The van der Waals surface area contributed by atoms with Crippen LogP contribution >= 0.6 is 0 Å². The number of aliphatic hydroxyl groups is 1. The predicted octanol–water partition coefficient (Wildman–Crippen LogP) is 0.0202. The van der Waals surface area contributed by atoms with Crippen molar-refractivity contribution >= 4 is 35.8 Å². The van der Waals surface area contributed by atoms with E-state index in [1.54, 1.807) is 0 Å². The lowest BCUT2D eigenvalue weighted by molar-refractivity contribution is -0.173. The van der Waals surface area contributed by atoms with E-state index in [1.807, 2.05) is 0 Å². The standard InChI is InChI=1S/C18H26O13/c1-16(29,8-14(27)30-17(2,4-10(19)20)5-11(21)22)9-15(28)31-18(3,6-12(23)24)7-13(25)26/h29H,4-9H2,1-3H3,(H,19,20)(H,21,22)(H,23,24)(H,25,26). The van der Waals surface area contributed by atoms with E-state index in [-0.39, 0.29) is 0 Å². The molecular weight excluding hydrogens is 424 g/mol. The number of hydrogen-bond donors (Lipinski definition) is 5. The van der Waals surface area contributed by atoms with Gasteiger partial charge in [-0.15, -0.1) is 0 Å². The van der Waals surface area contributed by atoms with Crippen molar-refractivity contribution in [1.82, 2.24) is 0 Å². The minimum atomic E-state index is -2.10. The molecule has 13 nitrogen and oxygen atoms in total. The monoisotopic (exact) mass is 450 g/mol. The summed E-state index contributed by atoms with van der Waals surface area (Å²) >= 11 is 0. The van der Waals surface area contributed by atoms with Crippen LogP contribution in [0.25, 0.3) is 0 Å². The van der Waals surface area contributed by atoms with Crippen LogP contribution in [-0.2, 0) is 38.2 Å². The zero-order valence-electron chi connectivity index (χ0n) is 17.2. The molecule has 0 rings (SSSR count). The topological polar surface area (TPSA) is 222 Å². The summed E-state index contributed by atoms with van der Waals surface area (Å²) in [6, 6.07) is 0. The van der Waals surface area contributed by atoms with Gasteiger partial charge in [0.2, 0.25) is 0 Å². The van der Waals surface area contributed by atoms with Crippen molar-refractivity contribution in [3.05, 3.63) is 0 Å². The molecule has 0 atom stereocenters. The van der Waals surface area contributed by atoms with Crippen LogP contribution in [-0.4, -0.2) is 78.2 Å². The van der Waals surface area contributed by atoms with Gasteiger partial charge in [-0.25, -0.2) is 0 Å². The number of carboxylic acid groups (broad SMARTS) is 4. The third-order valence-corrected chi connectivity index (χ3v) is 3.87. The lowest BCUT2D eigenvalue weighted by Crippen LogP contribution is -2.41. The molecule has 0 fully saturated rings. The Morgan fingerprint density at radius 2 is 0.774 bits per heavy atom. The van der Waals surface area contributed by atoms with Crippen LogP contribution in [0.15, 0.2) is 0 Å². The molecule has 0 spiro atoms. The van der Waals surface area contributed by atoms with E-state index < -0.39 is 91.1 Å². The molecule has 0 saturated carbocycles. The number of rotatable bonds is 14. The Morgan fingerprint density at radius 1 is 0.548 bits per heavy atom. The second-order valence-corrected chi connectivity index (χ2v) is 7.98. The maximum absolute atomic E-state index is 12.1. The highest BCUT2D eigenvalue weighted by Crippen LogP contribution is 2.26. The van der Waals surface area contributed by atoms with Crippen molar-refractivity contribution in [3.63, 3.8) is 0 Å². The molecule has 5 N–H and O–H groups in total. The number of ether oxygens (including phenoxy) is 2. The third kappa shape index (κ3) is 12.2. The minimum Gasteiger partial charge on any atom is -0.481 e. The quantitative estimate of drug-likeness (QED) is 0.220. The number of carbonyl (C=O) groups is 6. The van der Waals surface area contributed by atoms with Crippen LogP contribution < -0.4 is 0 Å². The van der Waals surface area contributed by atoms with E-state index in [4.69, 9.17) is 29.9 Å². The Balaban J connectivity index is 5.18. The first-order valence-electron chi connectivity index (χ1n) is 8.90. The van der Waals surface area contributed by atoms with E-state index in [1.165, 1.54) is 0 Å². The van der Waals surface area contributed by atoms with Gasteiger partial charge < -0.3 is 35.0 Å². The summed E-state index contributed by atoms with van der Waals surface area (Å²) in [6.45, 7) is 3.20. The molecule has 31 heavy (non-hydrogen) atoms. The molecule has 13 heteroatoms. The molecule has 0 aromatic carbocycles. The zero-order chi connectivity index (χ0) is 24.6. The highest BCUT2D eigenvalue weighted by molar-refractivity contribution is 5.78. The first-order valence-corrected chi connectivity index (χ1v) is 8.90. The van der Waals surface area contributed by atoms with Crippen molar-refractivity contribution < 1.29 is 63.8 Å². The van der Waals surface area contributed by atoms with E-state index >= 15 is 0 Å². The van der Waals surface area contributed by atoms with Crippen molar-refractivity contribution in [2.75, 3.05) is 0 Å². The molecule has 176 valence electrons. The Hall–Kier alpha value is -3.22. The van der Waals surface area contributed by atoms with Gasteiger partial charge in [0, 0.05) is 0 Å². The van der Waals surface area contributed by atoms with Crippen molar-refractivity contribution in [2.45, 2.75) is 76.1 Å². The van der Waals surface area contributed by atoms with Gasteiger partial charge in [-0.3, -0.25) is 28.8 Å². The van der Waals surface area contributed by atoms with Gasteiger partial charge in [0.05, 0.1) is 44.1 Å². The van der Waals surface area contributed by atoms with Crippen LogP contribution in [0, 0.1) is 0 Å². The molecule has 0 aliphatic carbocycles. The van der Waals surface area contributed by atoms with Crippen LogP contribution in [0.4, 0.5) is 0 Å². The summed E-state index contributed by atoms with van der Waals surface area (Å²) in [7, 11) is 0. The maximum Gasteiger partial charge on any atom is 0.309 e. The molecule has 0 heterocycles. The summed E-state index contributed by atoms with van der Waals surface area (Å²) in [5, 5.41) is 45.8. The fraction of sp³-hybridized carbons (Fsp3) is 0.667. The average Bonchev–Trinajstić information content (AvgIpc) is 2.38. The first-order chi connectivity index (χ1) is 13.9. The van der Waals surface area contributed by atoms with Gasteiger partial charge in [0.1, 0.15) is 11.2 Å². The fourth-order valence-electron chi connectivity index (χ4n) is 2.86. The highest BCUT2D eigenvalue weighted by Gasteiger charge is 2.39. The lowest BCUT2D eigenvalue weighted by atomic mass is 9.95. The number of esters is 2. The van der Waals surface area contributed by atoms with Crippen LogP contribution in [0.5, 0.6) is 0 Å². The summed E-state index contributed by atoms with van der Waals surface area (Å²) < 4.78 is 9.83. The Kier molecular flexibility index (Phi) is 9.59. The molecular formula is C18H26O13. The zero-order valence-corrected chi connectivity index (χ0v) is 17.2. The van der Waals surface area contributed by atoms with Crippen LogP contribution in [0.1, 0.15) is 59.3 Å². The molecule has 0 bridgehead atoms. The largest absolute Gasteiger partial charge is 0.481 e. The van der Waals surface area contributed by atoms with E-state index in [9.17, 15) is 33.9 Å². The Labute approximate surface area is 176 Å².